The van der Waals surface area contributed by atoms with Gasteiger partial charge in [0.2, 0.25) is 21.9 Å². The second-order valence-corrected chi connectivity index (χ2v) is 10.4. The van der Waals surface area contributed by atoms with Crippen molar-refractivity contribution in [3.8, 4) is 34.3 Å². The summed E-state index contributed by atoms with van der Waals surface area (Å²) in [6.07, 6.45) is 4.82. The van der Waals surface area contributed by atoms with Crippen LogP contribution < -0.4 is 24.2 Å². The van der Waals surface area contributed by atoms with Gasteiger partial charge in [-0.2, -0.15) is 18.9 Å². The molecular weight excluding hydrogens is 564 g/mol. The van der Waals surface area contributed by atoms with Gasteiger partial charge in [-0.25, -0.2) is 27.8 Å². The van der Waals surface area contributed by atoms with Crippen molar-refractivity contribution < 1.29 is 36.2 Å². The van der Waals surface area contributed by atoms with Crippen molar-refractivity contribution in [3.63, 3.8) is 0 Å². The quantitative estimate of drug-likeness (QED) is 0.279. The van der Waals surface area contributed by atoms with E-state index in [1.54, 1.807) is 18.2 Å². The Morgan fingerprint density at radius 3 is 2.24 bits per heavy atom. The van der Waals surface area contributed by atoms with E-state index in [1.807, 2.05) is 4.72 Å². The maximum Gasteiger partial charge on any atom is 0.288 e. The third-order valence-electron chi connectivity index (χ3n) is 5.51. The first-order valence-corrected chi connectivity index (χ1v) is 13.6. The highest BCUT2D eigenvalue weighted by Crippen LogP contribution is 2.32. The zero-order valence-corrected chi connectivity index (χ0v) is 23.3. The molecule has 1 amide bonds. The number of ether oxygens (including phenoxy) is 3. The number of nitrogens with one attached hydrogen (secondary N) is 2. The number of rotatable bonds is 10. The number of aromatic nitrogens is 5. The molecule has 16 heteroatoms. The number of halogens is 2. The molecule has 216 valence electrons. The number of hydrogen-bond acceptors (Lipinski definition) is 11. The van der Waals surface area contributed by atoms with E-state index in [2.05, 4.69) is 25.4 Å². The molecule has 1 aromatic carbocycles. The highest BCUT2D eigenvalue weighted by atomic mass is 32.2. The normalized spacial score (nSPS) is 11.6. The highest BCUT2D eigenvalue weighted by molar-refractivity contribution is 7.89. The van der Waals surface area contributed by atoms with Crippen LogP contribution in [-0.2, 0) is 15.9 Å². The molecule has 41 heavy (non-hydrogen) atoms. The standard InChI is InChI=1S/C25H25F2N7O6S/c1-25(26,27)20-6-7-34(32-20)21-19(14-8-18(23(40-4)28-12-14)22(35)33-41(5,36)37)13-29-24(31-21)30-15-9-16(38-2)11-17(10-15)39-3/h6-13H,1-5H3,(H,33,35)(H,29,30,31). The second-order valence-electron chi connectivity index (χ2n) is 8.68. The van der Waals surface area contributed by atoms with Gasteiger partial charge in [0.25, 0.3) is 11.8 Å². The van der Waals surface area contributed by atoms with Crippen LogP contribution in [0.3, 0.4) is 0 Å². The number of anilines is 2. The first kappa shape index (κ1) is 29.1. The van der Waals surface area contributed by atoms with Gasteiger partial charge in [-0.1, -0.05) is 0 Å². The molecule has 0 bridgehead atoms. The summed E-state index contributed by atoms with van der Waals surface area (Å²) in [6.45, 7) is 0.712. The number of pyridine rings is 1. The smallest absolute Gasteiger partial charge is 0.288 e. The maximum absolute atomic E-state index is 14.0. The minimum Gasteiger partial charge on any atom is -0.497 e. The molecule has 2 N–H and O–H groups in total. The number of hydrogen-bond donors (Lipinski definition) is 2. The van der Waals surface area contributed by atoms with E-state index >= 15 is 0 Å². The van der Waals surface area contributed by atoms with E-state index in [9.17, 15) is 22.0 Å². The fourth-order valence-corrected chi connectivity index (χ4v) is 4.09. The molecule has 0 aliphatic carbocycles. The summed E-state index contributed by atoms with van der Waals surface area (Å²) in [5.41, 5.74) is 0.279. The average Bonchev–Trinajstić information content (AvgIpc) is 3.43. The Hall–Kier alpha value is -4.86. The lowest BCUT2D eigenvalue weighted by atomic mass is 10.1. The third-order valence-corrected chi connectivity index (χ3v) is 6.07. The molecule has 0 atom stereocenters. The zero-order valence-electron chi connectivity index (χ0n) is 22.5. The molecule has 0 saturated heterocycles. The van der Waals surface area contributed by atoms with Crippen LogP contribution in [0.4, 0.5) is 20.4 Å². The molecule has 0 aliphatic heterocycles. The SMILES string of the molecule is COc1cc(Nc2ncc(-c3cnc(OC)c(C(=O)NS(C)(=O)=O)c3)c(-n3ccc(C(C)(F)F)n3)n2)cc(OC)c1. The zero-order chi connectivity index (χ0) is 29.9. The second kappa shape index (κ2) is 11.3. The molecule has 4 aromatic rings. The van der Waals surface area contributed by atoms with Gasteiger partial charge < -0.3 is 19.5 Å². The van der Waals surface area contributed by atoms with Crippen LogP contribution in [0.25, 0.3) is 16.9 Å². The summed E-state index contributed by atoms with van der Waals surface area (Å²) in [6, 6.07) is 7.47. The van der Waals surface area contributed by atoms with Crippen molar-refractivity contribution >= 4 is 27.6 Å². The van der Waals surface area contributed by atoms with Crippen molar-refractivity contribution in [3.05, 3.63) is 60.2 Å². The van der Waals surface area contributed by atoms with E-state index < -0.39 is 27.5 Å². The summed E-state index contributed by atoms with van der Waals surface area (Å²) < 4.78 is 70.0. The number of carbonyl (C=O) groups excluding carboxylic acids is 1. The molecule has 0 fully saturated rings. The van der Waals surface area contributed by atoms with Crippen LogP contribution in [-0.4, -0.2) is 66.6 Å². The molecule has 0 aliphatic rings. The van der Waals surface area contributed by atoms with Crippen LogP contribution >= 0.6 is 0 Å². The van der Waals surface area contributed by atoms with Crippen molar-refractivity contribution in [2.45, 2.75) is 12.8 Å². The Labute approximate surface area is 233 Å². The lowest BCUT2D eigenvalue weighted by Crippen LogP contribution is -2.29. The van der Waals surface area contributed by atoms with Gasteiger partial charge >= 0.3 is 0 Å². The summed E-state index contributed by atoms with van der Waals surface area (Å²) in [5.74, 6) is -3.25. The molecular formula is C25H25F2N7O6S. The molecule has 3 heterocycles. The molecule has 13 nitrogen and oxygen atoms in total. The van der Waals surface area contributed by atoms with Crippen LogP contribution in [0.5, 0.6) is 17.4 Å². The molecule has 0 radical (unpaired) electrons. The van der Waals surface area contributed by atoms with Gasteiger partial charge in [-0.05, 0) is 12.1 Å². The van der Waals surface area contributed by atoms with E-state index in [0.29, 0.717) is 24.1 Å². The first-order chi connectivity index (χ1) is 19.3. The van der Waals surface area contributed by atoms with Gasteiger partial charge in [0, 0.05) is 60.5 Å². The topological polar surface area (TPSA) is 159 Å². The van der Waals surface area contributed by atoms with Crippen molar-refractivity contribution in [1.29, 1.82) is 0 Å². The number of nitrogens with zero attached hydrogens (tertiary/aromatic N) is 5. The van der Waals surface area contributed by atoms with Crippen LogP contribution in [0.2, 0.25) is 0 Å². The lowest BCUT2D eigenvalue weighted by Gasteiger charge is -2.14. The fourth-order valence-electron chi connectivity index (χ4n) is 3.64. The Balaban J connectivity index is 1.85. The van der Waals surface area contributed by atoms with Gasteiger partial charge in [-0.15, -0.1) is 0 Å². The molecule has 3 aromatic heterocycles. The van der Waals surface area contributed by atoms with E-state index in [0.717, 1.165) is 17.0 Å². The number of alkyl halides is 2. The third kappa shape index (κ3) is 6.84. The molecule has 0 spiro atoms. The summed E-state index contributed by atoms with van der Waals surface area (Å²) >= 11 is 0. The minimum atomic E-state index is -3.90. The summed E-state index contributed by atoms with van der Waals surface area (Å²) in [4.78, 5) is 25.6. The average molecular weight is 590 g/mol. The van der Waals surface area contributed by atoms with E-state index in [4.69, 9.17) is 14.2 Å². The molecule has 0 unspecified atom stereocenters. The van der Waals surface area contributed by atoms with Gasteiger partial charge in [0.1, 0.15) is 22.8 Å². The van der Waals surface area contributed by atoms with Gasteiger partial charge in [-0.3, -0.25) is 4.79 Å². The summed E-state index contributed by atoms with van der Waals surface area (Å²) in [5, 5.41) is 7.00. The highest BCUT2D eigenvalue weighted by Gasteiger charge is 2.28. The number of carbonyl (C=O) groups is 1. The maximum atomic E-state index is 14.0. The molecule has 0 saturated carbocycles. The van der Waals surface area contributed by atoms with E-state index in [1.165, 1.54) is 46.0 Å². The van der Waals surface area contributed by atoms with E-state index in [-0.39, 0.29) is 34.3 Å². The fraction of sp³-hybridized carbons (Fsp3) is 0.240. The number of sulfonamides is 1. The van der Waals surface area contributed by atoms with Gasteiger partial charge in [0.15, 0.2) is 5.82 Å². The van der Waals surface area contributed by atoms with Crippen LogP contribution in [0.15, 0.2) is 48.9 Å². The molecule has 4 rings (SSSR count). The number of benzene rings is 1. The van der Waals surface area contributed by atoms with Crippen LogP contribution in [0.1, 0.15) is 23.0 Å². The van der Waals surface area contributed by atoms with Crippen molar-refractivity contribution in [1.82, 2.24) is 29.5 Å². The van der Waals surface area contributed by atoms with Crippen molar-refractivity contribution in [2.24, 2.45) is 0 Å². The Bertz CT molecular complexity index is 1680. The minimum absolute atomic E-state index is 0.0503. The Morgan fingerprint density at radius 2 is 1.68 bits per heavy atom. The Morgan fingerprint density at radius 1 is 1.00 bits per heavy atom. The summed E-state index contributed by atoms with van der Waals surface area (Å²) in [7, 11) is 0.349. The predicted molar refractivity (Wildman–Crippen MR) is 144 cm³/mol. The van der Waals surface area contributed by atoms with Crippen molar-refractivity contribution in [2.75, 3.05) is 32.9 Å². The van der Waals surface area contributed by atoms with Crippen LogP contribution in [0, 0.1) is 0 Å². The first-order valence-electron chi connectivity index (χ1n) is 11.7. The van der Waals surface area contributed by atoms with Gasteiger partial charge in [0.05, 0.1) is 27.6 Å². The largest absolute Gasteiger partial charge is 0.497 e. The predicted octanol–water partition coefficient (Wildman–Crippen LogP) is 3.29. The number of methoxy groups -OCH3 is 3. The lowest BCUT2D eigenvalue weighted by molar-refractivity contribution is 0.0124. The Kier molecular flexibility index (Phi) is 8.05. The number of amides is 1. The monoisotopic (exact) mass is 589 g/mol.